The Bertz CT molecular complexity index is 263. The summed E-state index contributed by atoms with van der Waals surface area (Å²) in [5.74, 6) is -1.12. The number of aliphatic carboxylic acids is 1. The van der Waals surface area contributed by atoms with Gasteiger partial charge < -0.3 is 5.11 Å². The molecule has 0 aromatic rings. The minimum absolute atomic E-state index is 0.245. The van der Waals surface area contributed by atoms with Crippen LogP contribution in [0.1, 0.15) is 103 Å². The lowest BCUT2D eigenvalue weighted by molar-refractivity contribution is -0.142. The Morgan fingerprint density at radius 3 is 1.68 bits per heavy atom. The predicted octanol–water partition coefficient (Wildman–Crippen LogP) is 5.67. The van der Waals surface area contributed by atoms with Crippen LogP contribution in [0.25, 0.3) is 0 Å². The molecule has 0 saturated heterocycles. The highest BCUT2D eigenvalue weighted by Crippen LogP contribution is 2.17. The standard InChI is InChI=1S/C19H35O3/c1-2-3-4-5-6-7-8-9-10-11-12-13-15-18(19(21)22)16-14-17-20/h18H,2-16H2,1H3,(H,21,22). The first-order valence-corrected chi connectivity index (χ1v) is 9.30. The zero-order chi connectivity index (χ0) is 16.5. The quantitative estimate of drug-likeness (QED) is 0.352. The van der Waals surface area contributed by atoms with Crippen molar-refractivity contribution in [3.05, 3.63) is 0 Å². The van der Waals surface area contributed by atoms with Gasteiger partial charge in [-0.1, -0.05) is 84.0 Å². The van der Waals surface area contributed by atoms with Gasteiger partial charge in [0.15, 0.2) is 6.29 Å². The summed E-state index contributed by atoms with van der Waals surface area (Å²) >= 11 is 0. The number of unbranched alkanes of at least 4 members (excludes halogenated alkanes) is 11. The lowest BCUT2D eigenvalue weighted by atomic mass is 9.96. The molecular weight excluding hydrogens is 276 g/mol. The number of hydrogen-bond acceptors (Lipinski definition) is 2. The second-order valence-corrected chi connectivity index (χ2v) is 6.40. The minimum Gasteiger partial charge on any atom is -0.481 e. The summed E-state index contributed by atoms with van der Waals surface area (Å²) in [7, 11) is 0. The van der Waals surface area contributed by atoms with Crippen LogP contribution < -0.4 is 0 Å². The fourth-order valence-electron chi connectivity index (χ4n) is 2.86. The van der Waals surface area contributed by atoms with Gasteiger partial charge in [0, 0.05) is 6.42 Å². The van der Waals surface area contributed by atoms with E-state index in [0.29, 0.717) is 12.8 Å². The highest BCUT2D eigenvalue weighted by molar-refractivity contribution is 5.70. The van der Waals surface area contributed by atoms with Gasteiger partial charge in [0.2, 0.25) is 0 Å². The van der Waals surface area contributed by atoms with Crippen LogP contribution in [-0.4, -0.2) is 17.4 Å². The van der Waals surface area contributed by atoms with Crippen molar-refractivity contribution in [3.8, 4) is 0 Å². The zero-order valence-electron chi connectivity index (χ0n) is 14.4. The molecule has 0 rings (SSSR count). The molecule has 0 aliphatic heterocycles. The maximum absolute atomic E-state index is 11.0. The SMILES string of the molecule is CCCCCCCCCCCCCCC(CC[C]=O)C(=O)O. The van der Waals surface area contributed by atoms with Crippen molar-refractivity contribution >= 4 is 12.3 Å². The van der Waals surface area contributed by atoms with Crippen molar-refractivity contribution in [1.82, 2.24) is 0 Å². The molecule has 1 atom stereocenters. The maximum Gasteiger partial charge on any atom is 0.306 e. The van der Waals surface area contributed by atoms with Crippen LogP contribution in [0, 0.1) is 5.92 Å². The molecule has 0 aliphatic carbocycles. The van der Waals surface area contributed by atoms with Crippen molar-refractivity contribution in [1.29, 1.82) is 0 Å². The van der Waals surface area contributed by atoms with E-state index in [9.17, 15) is 9.59 Å². The van der Waals surface area contributed by atoms with E-state index in [1.54, 1.807) is 6.29 Å². The Labute approximate surface area is 136 Å². The smallest absolute Gasteiger partial charge is 0.306 e. The molecular formula is C19H35O3. The van der Waals surface area contributed by atoms with E-state index >= 15 is 0 Å². The topological polar surface area (TPSA) is 54.4 Å². The van der Waals surface area contributed by atoms with E-state index in [1.807, 2.05) is 0 Å². The number of carbonyl (C=O) groups excluding carboxylic acids is 1. The lowest BCUT2D eigenvalue weighted by Crippen LogP contribution is -2.13. The van der Waals surface area contributed by atoms with Crippen LogP contribution in [0.4, 0.5) is 0 Å². The molecule has 1 radical (unpaired) electrons. The number of carbonyl (C=O) groups is 1. The molecule has 0 saturated carbocycles. The second kappa shape index (κ2) is 16.5. The average Bonchev–Trinajstić information content (AvgIpc) is 2.51. The molecule has 0 bridgehead atoms. The molecule has 0 amide bonds. The average molecular weight is 311 g/mol. The molecule has 1 unspecified atom stereocenters. The molecule has 22 heavy (non-hydrogen) atoms. The third-order valence-electron chi connectivity index (χ3n) is 4.35. The summed E-state index contributed by atoms with van der Waals surface area (Å²) in [6, 6.07) is 0. The van der Waals surface area contributed by atoms with E-state index in [4.69, 9.17) is 5.11 Å². The molecule has 0 aliphatic rings. The summed E-state index contributed by atoms with van der Waals surface area (Å²) in [4.78, 5) is 21.2. The largest absolute Gasteiger partial charge is 0.481 e. The Balaban J connectivity index is 3.31. The van der Waals surface area contributed by atoms with Gasteiger partial charge in [-0.3, -0.25) is 9.59 Å². The summed E-state index contributed by atoms with van der Waals surface area (Å²) in [5, 5.41) is 9.05. The third kappa shape index (κ3) is 14.1. The first-order valence-electron chi connectivity index (χ1n) is 9.30. The van der Waals surface area contributed by atoms with E-state index in [1.165, 1.54) is 64.2 Å². The van der Waals surface area contributed by atoms with E-state index in [0.717, 1.165) is 12.8 Å². The van der Waals surface area contributed by atoms with Crippen LogP contribution >= 0.6 is 0 Å². The Morgan fingerprint density at radius 1 is 0.818 bits per heavy atom. The minimum atomic E-state index is -0.765. The number of carboxylic acid groups (broad SMARTS) is 1. The predicted molar refractivity (Wildman–Crippen MR) is 91.7 cm³/mol. The number of rotatable bonds is 17. The molecule has 0 aromatic carbocycles. The van der Waals surface area contributed by atoms with Crippen LogP contribution in [0.15, 0.2) is 0 Å². The van der Waals surface area contributed by atoms with E-state index in [-0.39, 0.29) is 12.3 Å². The highest BCUT2D eigenvalue weighted by Gasteiger charge is 2.16. The van der Waals surface area contributed by atoms with Gasteiger partial charge in [-0.15, -0.1) is 0 Å². The van der Waals surface area contributed by atoms with Crippen molar-refractivity contribution in [2.24, 2.45) is 5.92 Å². The Morgan fingerprint density at radius 2 is 1.27 bits per heavy atom. The van der Waals surface area contributed by atoms with Crippen LogP contribution in [-0.2, 0) is 9.59 Å². The van der Waals surface area contributed by atoms with Crippen molar-refractivity contribution < 1.29 is 14.7 Å². The number of hydrogen-bond donors (Lipinski definition) is 1. The molecule has 3 heteroatoms. The molecule has 0 aromatic heterocycles. The van der Waals surface area contributed by atoms with Crippen LogP contribution in [0.2, 0.25) is 0 Å². The van der Waals surface area contributed by atoms with Gasteiger partial charge in [-0.05, 0) is 12.8 Å². The van der Waals surface area contributed by atoms with Gasteiger partial charge in [-0.2, -0.15) is 0 Å². The molecule has 0 spiro atoms. The normalized spacial score (nSPS) is 12.2. The summed E-state index contributed by atoms with van der Waals surface area (Å²) in [6.07, 6.45) is 18.6. The van der Waals surface area contributed by atoms with E-state index < -0.39 is 5.97 Å². The number of carboxylic acids is 1. The Hall–Kier alpha value is -0.860. The van der Waals surface area contributed by atoms with Crippen molar-refractivity contribution in [2.45, 2.75) is 103 Å². The fraction of sp³-hybridized carbons (Fsp3) is 0.895. The Kier molecular flexibility index (Phi) is 15.9. The summed E-state index contributed by atoms with van der Waals surface area (Å²) < 4.78 is 0. The maximum atomic E-state index is 11.0. The first-order chi connectivity index (χ1) is 10.7. The molecule has 129 valence electrons. The van der Waals surface area contributed by atoms with Crippen molar-refractivity contribution in [2.75, 3.05) is 0 Å². The fourth-order valence-corrected chi connectivity index (χ4v) is 2.86. The third-order valence-corrected chi connectivity index (χ3v) is 4.35. The summed E-state index contributed by atoms with van der Waals surface area (Å²) in [6.45, 7) is 2.25. The highest BCUT2D eigenvalue weighted by atomic mass is 16.4. The van der Waals surface area contributed by atoms with Gasteiger partial charge in [0.05, 0.1) is 5.92 Å². The van der Waals surface area contributed by atoms with Gasteiger partial charge in [-0.25, -0.2) is 0 Å². The molecule has 0 fully saturated rings. The van der Waals surface area contributed by atoms with Crippen molar-refractivity contribution in [3.63, 3.8) is 0 Å². The molecule has 0 heterocycles. The summed E-state index contributed by atoms with van der Waals surface area (Å²) in [5.41, 5.74) is 0. The second-order valence-electron chi connectivity index (χ2n) is 6.40. The van der Waals surface area contributed by atoms with E-state index in [2.05, 4.69) is 6.92 Å². The monoisotopic (exact) mass is 311 g/mol. The van der Waals surface area contributed by atoms with Gasteiger partial charge in [0.1, 0.15) is 0 Å². The lowest BCUT2D eigenvalue weighted by Gasteiger charge is -2.10. The molecule has 1 N–H and O–H groups in total. The first kappa shape index (κ1) is 21.1. The zero-order valence-corrected chi connectivity index (χ0v) is 14.4. The van der Waals surface area contributed by atoms with Crippen LogP contribution in [0.5, 0.6) is 0 Å². The van der Waals surface area contributed by atoms with Gasteiger partial charge >= 0.3 is 5.97 Å². The van der Waals surface area contributed by atoms with Crippen LogP contribution in [0.3, 0.4) is 0 Å². The molecule has 3 nitrogen and oxygen atoms in total. The van der Waals surface area contributed by atoms with Gasteiger partial charge in [0.25, 0.3) is 0 Å².